The van der Waals surface area contributed by atoms with Crippen LogP contribution in [0.4, 0.5) is 0 Å². The first-order valence-electron chi connectivity index (χ1n) is 7.50. The summed E-state index contributed by atoms with van der Waals surface area (Å²) >= 11 is 0. The summed E-state index contributed by atoms with van der Waals surface area (Å²) in [6.07, 6.45) is 3.14. The van der Waals surface area contributed by atoms with Crippen molar-refractivity contribution in [3.05, 3.63) is 0 Å². The monoisotopic (exact) mass is 268 g/mol. The molecule has 1 saturated heterocycles. The number of amides is 1. The molecule has 110 valence electrons. The van der Waals surface area contributed by atoms with Crippen LogP contribution in [0, 0.1) is 11.3 Å². The predicted octanol–water partition coefficient (Wildman–Crippen LogP) is 1.38. The number of carbonyl (C=O) groups excluding carboxylic acids is 1. The smallest absolute Gasteiger partial charge is 0.225 e. The normalized spacial score (nSPS) is 31.0. The average molecular weight is 268 g/mol. The fraction of sp³-hybridized carbons (Fsp3) is 0.933. The lowest BCUT2D eigenvalue weighted by Gasteiger charge is -2.40. The molecule has 0 bridgehead atoms. The topological polar surface area (TPSA) is 52.6 Å². The number of carbonyl (C=O) groups is 1. The second kappa shape index (κ2) is 5.41. The zero-order valence-electron chi connectivity index (χ0n) is 12.6. The van der Waals surface area contributed by atoms with Gasteiger partial charge in [0.1, 0.15) is 0 Å². The number of aliphatic hydroxyl groups excluding tert-OH is 1. The second-order valence-electron chi connectivity index (χ2n) is 7.34. The number of nitrogens with zero attached hydrogens (tertiary/aromatic N) is 1. The fourth-order valence-corrected chi connectivity index (χ4v) is 2.77. The Balaban J connectivity index is 1.96. The molecule has 1 heterocycles. The zero-order valence-corrected chi connectivity index (χ0v) is 12.6. The summed E-state index contributed by atoms with van der Waals surface area (Å²) in [5.74, 6) is 0.388. The molecule has 2 fully saturated rings. The summed E-state index contributed by atoms with van der Waals surface area (Å²) in [5.41, 5.74) is -0.345. The molecule has 0 aromatic rings. The van der Waals surface area contributed by atoms with Crippen LogP contribution in [0.25, 0.3) is 0 Å². The van der Waals surface area contributed by atoms with Crippen LogP contribution in [0.15, 0.2) is 0 Å². The van der Waals surface area contributed by atoms with Gasteiger partial charge in [0, 0.05) is 30.6 Å². The van der Waals surface area contributed by atoms with Gasteiger partial charge >= 0.3 is 0 Å². The van der Waals surface area contributed by atoms with Gasteiger partial charge in [-0.25, -0.2) is 0 Å². The van der Waals surface area contributed by atoms with Gasteiger partial charge in [-0.2, -0.15) is 0 Å². The number of aliphatic hydroxyl groups is 1. The van der Waals surface area contributed by atoms with Crippen LogP contribution in [0.3, 0.4) is 0 Å². The molecule has 0 spiro atoms. The van der Waals surface area contributed by atoms with Crippen molar-refractivity contribution in [2.24, 2.45) is 11.3 Å². The summed E-state index contributed by atoms with van der Waals surface area (Å²) in [4.78, 5) is 14.6. The first kappa shape index (κ1) is 14.8. The molecule has 19 heavy (non-hydrogen) atoms. The quantitative estimate of drug-likeness (QED) is 0.813. The summed E-state index contributed by atoms with van der Waals surface area (Å²) < 4.78 is 0. The molecule has 1 aliphatic carbocycles. The van der Waals surface area contributed by atoms with Crippen molar-refractivity contribution < 1.29 is 9.90 Å². The lowest BCUT2D eigenvalue weighted by molar-refractivity contribution is -0.130. The Morgan fingerprint density at radius 3 is 2.42 bits per heavy atom. The van der Waals surface area contributed by atoms with Crippen LogP contribution in [0.1, 0.15) is 47.0 Å². The van der Waals surface area contributed by atoms with Crippen LogP contribution in [0.5, 0.6) is 0 Å². The summed E-state index contributed by atoms with van der Waals surface area (Å²) in [5, 5.41) is 13.0. The van der Waals surface area contributed by atoms with Crippen LogP contribution < -0.4 is 5.32 Å². The highest BCUT2D eigenvalue weighted by Crippen LogP contribution is 2.32. The maximum atomic E-state index is 12.1. The molecule has 1 aliphatic heterocycles. The number of hydrogen-bond acceptors (Lipinski definition) is 3. The van der Waals surface area contributed by atoms with Gasteiger partial charge in [0.05, 0.1) is 6.10 Å². The van der Waals surface area contributed by atoms with E-state index in [1.54, 1.807) is 0 Å². The van der Waals surface area contributed by atoms with Gasteiger partial charge in [-0.05, 0) is 32.1 Å². The van der Waals surface area contributed by atoms with Crippen molar-refractivity contribution in [2.75, 3.05) is 13.1 Å². The van der Waals surface area contributed by atoms with Crippen LogP contribution in [-0.4, -0.2) is 47.2 Å². The van der Waals surface area contributed by atoms with Crippen LogP contribution in [-0.2, 0) is 4.79 Å². The van der Waals surface area contributed by atoms with Gasteiger partial charge in [0.15, 0.2) is 0 Å². The van der Waals surface area contributed by atoms with E-state index in [1.807, 2.05) is 27.7 Å². The molecule has 4 heteroatoms. The Hall–Kier alpha value is -0.610. The van der Waals surface area contributed by atoms with Crippen LogP contribution >= 0.6 is 0 Å². The summed E-state index contributed by atoms with van der Waals surface area (Å²) in [7, 11) is 0. The van der Waals surface area contributed by atoms with Crippen molar-refractivity contribution in [2.45, 2.75) is 65.1 Å². The van der Waals surface area contributed by atoms with E-state index in [0.29, 0.717) is 6.04 Å². The van der Waals surface area contributed by atoms with Gasteiger partial charge in [-0.15, -0.1) is 0 Å². The van der Waals surface area contributed by atoms with Gasteiger partial charge in [-0.1, -0.05) is 20.8 Å². The number of hydrogen-bond donors (Lipinski definition) is 2. The fourth-order valence-electron chi connectivity index (χ4n) is 2.77. The lowest BCUT2D eigenvalue weighted by atomic mass is 9.88. The Morgan fingerprint density at radius 1 is 1.32 bits per heavy atom. The highest BCUT2D eigenvalue weighted by molar-refractivity contribution is 5.81. The molecule has 2 aliphatic rings. The number of nitrogens with one attached hydrogen (secondary N) is 1. The van der Waals surface area contributed by atoms with E-state index in [9.17, 15) is 9.90 Å². The Morgan fingerprint density at radius 2 is 1.95 bits per heavy atom. The SMILES string of the molecule is CC(O)C1CC(NC(=O)C(C)(C)C)CN(C2CC2)C1. The second-order valence-corrected chi connectivity index (χ2v) is 7.34. The molecule has 0 aromatic carbocycles. The van der Waals surface area contributed by atoms with Crippen molar-refractivity contribution in [1.29, 1.82) is 0 Å². The van der Waals surface area contributed by atoms with Crippen molar-refractivity contribution in [3.8, 4) is 0 Å². The molecule has 1 amide bonds. The highest BCUT2D eigenvalue weighted by Gasteiger charge is 2.38. The molecule has 2 N–H and O–H groups in total. The molecule has 0 radical (unpaired) electrons. The summed E-state index contributed by atoms with van der Waals surface area (Å²) in [6, 6.07) is 0.872. The number of piperidine rings is 1. The third-order valence-corrected chi connectivity index (χ3v) is 4.27. The van der Waals surface area contributed by atoms with Gasteiger partial charge in [-0.3, -0.25) is 9.69 Å². The molecule has 3 unspecified atom stereocenters. The minimum atomic E-state index is -0.345. The number of likely N-dealkylation sites (tertiary alicyclic amines) is 1. The Kier molecular flexibility index (Phi) is 4.21. The zero-order chi connectivity index (χ0) is 14.2. The minimum absolute atomic E-state index is 0.111. The van der Waals surface area contributed by atoms with Gasteiger partial charge < -0.3 is 10.4 Å². The van der Waals surface area contributed by atoms with Crippen molar-refractivity contribution >= 4 is 5.91 Å². The van der Waals surface area contributed by atoms with Crippen molar-refractivity contribution in [3.63, 3.8) is 0 Å². The first-order valence-corrected chi connectivity index (χ1v) is 7.50. The van der Waals surface area contributed by atoms with E-state index in [4.69, 9.17) is 0 Å². The van der Waals surface area contributed by atoms with Crippen LogP contribution in [0.2, 0.25) is 0 Å². The van der Waals surface area contributed by atoms with Crippen molar-refractivity contribution in [1.82, 2.24) is 10.2 Å². The molecule has 0 aromatic heterocycles. The standard InChI is InChI=1S/C15H28N2O2/c1-10(18)11-7-12(16-14(19)15(2,3)4)9-17(8-11)13-5-6-13/h10-13,18H,5-9H2,1-4H3,(H,16,19). The van der Waals surface area contributed by atoms with E-state index in [-0.39, 0.29) is 29.4 Å². The molecule has 2 rings (SSSR count). The van der Waals surface area contributed by atoms with Gasteiger partial charge in [0.2, 0.25) is 5.91 Å². The largest absolute Gasteiger partial charge is 0.393 e. The third kappa shape index (κ3) is 3.93. The number of rotatable bonds is 3. The predicted molar refractivity (Wildman–Crippen MR) is 75.8 cm³/mol. The molecule has 4 nitrogen and oxygen atoms in total. The molecule has 1 saturated carbocycles. The third-order valence-electron chi connectivity index (χ3n) is 4.27. The van der Waals surface area contributed by atoms with E-state index >= 15 is 0 Å². The Bertz CT molecular complexity index is 322. The molecular weight excluding hydrogens is 240 g/mol. The summed E-state index contributed by atoms with van der Waals surface area (Å²) in [6.45, 7) is 9.60. The highest BCUT2D eigenvalue weighted by atomic mass is 16.3. The van der Waals surface area contributed by atoms with E-state index in [2.05, 4.69) is 10.2 Å². The van der Waals surface area contributed by atoms with E-state index < -0.39 is 0 Å². The first-order chi connectivity index (χ1) is 8.77. The lowest BCUT2D eigenvalue weighted by Crippen LogP contribution is -2.54. The minimum Gasteiger partial charge on any atom is -0.393 e. The maximum absolute atomic E-state index is 12.1. The maximum Gasteiger partial charge on any atom is 0.225 e. The van der Waals surface area contributed by atoms with E-state index in [1.165, 1.54) is 12.8 Å². The average Bonchev–Trinajstić information content (AvgIpc) is 3.10. The Labute approximate surface area is 116 Å². The van der Waals surface area contributed by atoms with Gasteiger partial charge in [0.25, 0.3) is 0 Å². The molecule has 3 atom stereocenters. The molecular formula is C15H28N2O2. The van der Waals surface area contributed by atoms with E-state index in [0.717, 1.165) is 19.5 Å².